The van der Waals surface area contributed by atoms with E-state index in [0.717, 1.165) is 43.4 Å². The summed E-state index contributed by atoms with van der Waals surface area (Å²) in [5.41, 5.74) is 0.988. The number of nitrogens with zero attached hydrogens (tertiary/aromatic N) is 5. The second-order valence-corrected chi connectivity index (χ2v) is 12.3. The Morgan fingerprint density at radius 3 is 2.93 bits per heavy atom. The normalized spacial score (nSPS) is 32.9. The lowest BCUT2D eigenvalue weighted by molar-refractivity contribution is 0.107. The Balaban J connectivity index is 1.17. The number of benzene rings is 2. The first-order chi connectivity index (χ1) is 21.4. The summed E-state index contributed by atoms with van der Waals surface area (Å²) in [6, 6.07) is 6.01. The van der Waals surface area contributed by atoms with Crippen molar-refractivity contribution >= 4 is 22.3 Å². The molecule has 5 fully saturated rings. The van der Waals surface area contributed by atoms with Crippen LogP contribution in [-0.4, -0.2) is 83.0 Å². The number of rotatable bonds is 5. The lowest BCUT2D eigenvalue weighted by Crippen LogP contribution is -2.61. The van der Waals surface area contributed by atoms with E-state index in [1.807, 2.05) is 4.90 Å². The van der Waals surface area contributed by atoms with Crippen LogP contribution in [0, 0.1) is 11.6 Å². The molecule has 42 heavy (non-hydrogen) atoms. The van der Waals surface area contributed by atoms with Crippen molar-refractivity contribution in [3.05, 3.63) is 47.2 Å². The van der Waals surface area contributed by atoms with Gasteiger partial charge in [-0.05, 0) is 56.1 Å². The summed E-state index contributed by atoms with van der Waals surface area (Å²) in [5.74, 6) is -1.24. The Morgan fingerprint density at radius 2 is 2.12 bits per heavy atom. The van der Waals surface area contributed by atoms with Gasteiger partial charge in [0.2, 0.25) is 0 Å². The first-order valence-electron chi connectivity index (χ1n) is 16.3. The van der Waals surface area contributed by atoms with E-state index >= 15 is 4.39 Å². The molecule has 5 saturated heterocycles. The zero-order chi connectivity index (χ0) is 31.3. The summed E-state index contributed by atoms with van der Waals surface area (Å²) in [6.07, 6.45) is 0.755. The molecular weight excluding hydrogens is 545 g/mol. The summed E-state index contributed by atoms with van der Waals surface area (Å²) in [5, 5.41) is 14.5. The number of aromatic nitrogens is 2. The van der Waals surface area contributed by atoms with Gasteiger partial charge in [0, 0.05) is 64.4 Å². The van der Waals surface area contributed by atoms with Crippen molar-refractivity contribution in [2.75, 3.05) is 49.1 Å². The summed E-state index contributed by atoms with van der Waals surface area (Å²) in [6.45, 7) is 0.186. The second kappa shape index (κ2) is 9.87. The number of halogens is 3. The van der Waals surface area contributed by atoms with Crippen LogP contribution in [0.4, 0.5) is 24.7 Å². The van der Waals surface area contributed by atoms with E-state index < -0.39 is 29.8 Å². The van der Waals surface area contributed by atoms with Crippen LogP contribution >= 0.6 is 0 Å². The Kier molecular flexibility index (Phi) is 5.45. The zero-order valence-corrected chi connectivity index (χ0v) is 23.2. The summed E-state index contributed by atoms with van der Waals surface area (Å²) in [7, 11) is 0. The van der Waals surface area contributed by atoms with E-state index in [2.05, 4.69) is 10.2 Å². The second-order valence-electron chi connectivity index (χ2n) is 12.3. The molecule has 1 aromatic heterocycles. The molecule has 4 atom stereocenters. The maximum absolute atomic E-state index is 15.2. The van der Waals surface area contributed by atoms with Crippen molar-refractivity contribution in [2.24, 2.45) is 0 Å². The van der Waals surface area contributed by atoms with Crippen molar-refractivity contribution in [1.29, 1.82) is 0 Å². The summed E-state index contributed by atoms with van der Waals surface area (Å²) >= 11 is 0. The maximum atomic E-state index is 15.2. The lowest BCUT2D eigenvalue weighted by Gasteiger charge is -2.47. The van der Waals surface area contributed by atoms with Crippen molar-refractivity contribution < 1.29 is 27.1 Å². The highest BCUT2D eigenvalue weighted by Gasteiger charge is 2.49. The molecule has 8 nitrogen and oxygen atoms in total. The van der Waals surface area contributed by atoms with Crippen LogP contribution in [0.2, 0.25) is 0 Å². The van der Waals surface area contributed by atoms with Crippen LogP contribution in [0.15, 0.2) is 24.3 Å². The number of hydrogen-bond acceptors (Lipinski definition) is 8. The van der Waals surface area contributed by atoms with Gasteiger partial charge in [-0.25, -0.2) is 13.2 Å². The third-order valence-corrected chi connectivity index (χ3v) is 9.74. The number of piperidine rings is 2. The molecule has 9 rings (SSSR count). The van der Waals surface area contributed by atoms with Crippen LogP contribution in [0.3, 0.4) is 0 Å². The smallest absolute Gasteiger partial charge is 0.318 e. The van der Waals surface area contributed by atoms with Gasteiger partial charge in [-0.15, -0.1) is 0 Å². The predicted molar refractivity (Wildman–Crippen MR) is 153 cm³/mol. The molecule has 6 aliphatic heterocycles. The average Bonchev–Trinajstić information content (AvgIpc) is 3.44. The predicted octanol–water partition coefficient (Wildman–Crippen LogP) is 4.07. The SMILES string of the molecule is [2H]C1([2H])CC[C@@]2(COc3nc4c(c(N5CC6CCC5CN6)n3)CCN(c3cc(O)cc5ccc(F)c(F)c35)C4)C[C@@]([2H])(F)CN12. The standard InChI is InChI=1S/C31H35F3N6O2/c32-19-12-31(7-1-8-39(31)14-19)17-42-30-36-25-16-38(26-11-22(41)10-18-2-5-24(33)28(34)27(18)26)9-6-23(25)29(37-30)40-15-20-3-4-21(40)13-35-20/h2,5,10-11,19-21,35,41H,1,3-4,6-9,12-17H2/t19-,20?,21?,31+/m1/s1/i8D2,19D. The van der Waals surface area contributed by atoms with Crippen molar-refractivity contribution in [1.82, 2.24) is 20.2 Å². The fourth-order valence-corrected chi connectivity index (χ4v) is 7.59. The van der Waals surface area contributed by atoms with Crippen LogP contribution in [0.25, 0.3) is 10.8 Å². The number of anilines is 2. The average molecular weight is 584 g/mol. The number of phenols is 1. The Bertz CT molecular complexity index is 1690. The highest BCUT2D eigenvalue weighted by atomic mass is 19.2. The quantitative estimate of drug-likeness (QED) is 0.466. The molecule has 2 N–H and O–H groups in total. The monoisotopic (exact) mass is 583 g/mol. The van der Waals surface area contributed by atoms with E-state index in [9.17, 15) is 13.9 Å². The van der Waals surface area contributed by atoms with Gasteiger partial charge >= 0.3 is 6.01 Å². The van der Waals surface area contributed by atoms with Crippen LogP contribution in [0.5, 0.6) is 11.8 Å². The van der Waals surface area contributed by atoms with Crippen molar-refractivity contribution in [3.63, 3.8) is 0 Å². The van der Waals surface area contributed by atoms with E-state index in [1.165, 1.54) is 23.1 Å². The first kappa shape index (κ1) is 23.2. The van der Waals surface area contributed by atoms with Gasteiger partial charge in [-0.3, -0.25) is 4.90 Å². The number of nitrogens with one attached hydrogen (secondary N) is 1. The number of ether oxygens (including phenoxy) is 1. The van der Waals surface area contributed by atoms with E-state index in [0.29, 0.717) is 42.2 Å². The van der Waals surface area contributed by atoms with Gasteiger partial charge < -0.3 is 25.0 Å². The Hall–Kier alpha value is -3.31. The summed E-state index contributed by atoms with van der Waals surface area (Å²) < 4.78 is 75.6. The van der Waals surface area contributed by atoms with Crippen molar-refractivity contribution in [3.8, 4) is 11.8 Å². The van der Waals surface area contributed by atoms with Crippen LogP contribution < -0.4 is 19.9 Å². The number of alkyl halides is 1. The molecule has 0 saturated carbocycles. The highest BCUT2D eigenvalue weighted by molar-refractivity contribution is 5.96. The van der Waals surface area contributed by atoms with Crippen molar-refractivity contribution in [2.45, 2.75) is 68.8 Å². The third kappa shape index (κ3) is 4.26. The van der Waals surface area contributed by atoms with E-state index in [-0.39, 0.29) is 55.7 Å². The number of piperazine rings is 1. The third-order valence-electron chi connectivity index (χ3n) is 9.74. The fraction of sp³-hybridized carbons (Fsp3) is 0.548. The van der Waals surface area contributed by atoms with Gasteiger partial charge in [0.15, 0.2) is 11.6 Å². The Labute approximate surface area is 246 Å². The van der Waals surface area contributed by atoms with E-state index in [1.54, 1.807) is 0 Å². The molecule has 11 heteroatoms. The Morgan fingerprint density at radius 1 is 1.21 bits per heavy atom. The molecule has 0 amide bonds. The highest BCUT2D eigenvalue weighted by Crippen LogP contribution is 2.42. The van der Waals surface area contributed by atoms with E-state index in [4.69, 9.17) is 18.8 Å². The van der Waals surface area contributed by atoms with Gasteiger partial charge in [-0.2, -0.15) is 9.97 Å². The van der Waals surface area contributed by atoms with Gasteiger partial charge in [0.25, 0.3) is 0 Å². The minimum Gasteiger partial charge on any atom is -0.508 e. The zero-order valence-electron chi connectivity index (χ0n) is 26.2. The number of phenolic OH excluding ortho intramolecular Hbond substituents is 1. The number of fused-ring (bicyclic) bond motifs is 6. The van der Waals surface area contributed by atoms with Crippen LogP contribution in [0.1, 0.15) is 47.5 Å². The minimum atomic E-state index is -2.28. The van der Waals surface area contributed by atoms with Gasteiger partial charge in [-0.1, -0.05) is 6.07 Å². The van der Waals surface area contributed by atoms with Gasteiger partial charge in [0.1, 0.15) is 24.3 Å². The summed E-state index contributed by atoms with van der Waals surface area (Å²) in [4.78, 5) is 15.3. The lowest BCUT2D eigenvalue weighted by atomic mass is 9.92. The molecule has 2 bridgehead atoms. The molecule has 0 radical (unpaired) electrons. The molecule has 0 aliphatic carbocycles. The minimum absolute atomic E-state index is 0.0612. The first-order valence-corrected chi connectivity index (χ1v) is 14.8. The number of aromatic hydroxyl groups is 1. The number of hydrogen-bond donors (Lipinski definition) is 2. The molecule has 7 heterocycles. The molecule has 6 aliphatic rings. The molecule has 2 aromatic carbocycles. The maximum Gasteiger partial charge on any atom is 0.318 e. The molecule has 2 unspecified atom stereocenters. The molecule has 3 aromatic rings. The molecule has 0 spiro atoms. The van der Waals surface area contributed by atoms with Gasteiger partial charge in [0.05, 0.1) is 24.8 Å². The largest absolute Gasteiger partial charge is 0.508 e. The topological polar surface area (TPSA) is 77.0 Å². The fourth-order valence-electron chi connectivity index (χ4n) is 7.59. The molecular formula is C31H35F3N6O2. The van der Waals surface area contributed by atoms with Crippen LogP contribution in [-0.2, 0) is 13.0 Å². The molecule has 222 valence electrons.